The van der Waals surface area contributed by atoms with Gasteiger partial charge in [0.25, 0.3) is 0 Å². The van der Waals surface area contributed by atoms with Crippen molar-refractivity contribution >= 4 is 5.78 Å². The Balaban J connectivity index is 1.80. The fraction of sp³-hybridized carbons (Fsp3) is 0.588. The molecule has 0 aromatic heterocycles. The van der Waals surface area contributed by atoms with Crippen molar-refractivity contribution in [1.29, 1.82) is 0 Å². The van der Waals surface area contributed by atoms with Crippen molar-refractivity contribution in [2.24, 2.45) is 0 Å². The van der Waals surface area contributed by atoms with Gasteiger partial charge in [-0.15, -0.1) is 0 Å². The van der Waals surface area contributed by atoms with E-state index in [2.05, 4.69) is 43.0 Å². The Labute approximate surface area is 116 Å². The second-order valence-corrected chi connectivity index (χ2v) is 6.02. The lowest BCUT2D eigenvalue weighted by atomic mass is 9.92. The van der Waals surface area contributed by atoms with Gasteiger partial charge in [-0.05, 0) is 58.2 Å². The Morgan fingerprint density at radius 1 is 1.16 bits per heavy atom. The second-order valence-electron chi connectivity index (χ2n) is 6.02. The average Bonchev–Trinajstić information content (AvgIpc) is 2.94. The fourth-order valence-corrected chi connectivity index (χ4v) is 2.86. The van der Waals surface area contributed by atoms with Crippen LogP contribution in [-0.2, 0) is 11.2 Å². The Morgan fingerprint density at radius 3 is 2.42 bits per heavy atom. The molecule has 1 heterocycles. The highest BCUT2D eigenvalue weighted by Crippen LogP contribution is 2.23. The first-order chi connectivity index (χ1) is 9.10. The van der Waals surface area contributed by atoms with Gasteiger partial charge < -0.3 is 0 Å². The number of hydrogen-bond acceptors (Lipinski definition) is 2. The molecule has 19 heavy (non-hydrogen) atoms. The molecule has 0 aliphatic carbocycles. The first kappa shape index (κ1) is 14.3. The molecule has 0 saturated carbocycles. The van der Waals surface area contributed by atoms with E-state index < -0.39 is 0 Å². The molecule has 0 atom stereocenters. The summed E-state index contributed by atoms with van der Waals surface area (Å²) in [5.74, 6) is 0.394. The number of likely N-dealkylation sites (tertiary alicyclic amines) is 1. The molecule has 104 valence electrons. The number of nitrogens with zero attached hydrogens (tertiary/aromatic N) is 1. The molecule has 1 aromatic carbocycles. The summed E-state index contributed by atoms with van der Waals surface area (Å²) >= 11 is 0. The normalized spacial score (nSPS) is 16.7. The van der Waals surface area contributed by atoms with Crippen molar-refractivity contribution in [3.05, 3.63) is 35.9 Å². The van der Waals surface area contributed by atoms with Gasteiger partial charge in [-0.2, -0.15) is 0 Å². The number of aryl methyl sites for hydroxylation is 1. The first-order valence-electron chi connectivity index (χ1n) is 7.43. The third kappa shape index (κ3) is 3.66. The van der Waals surface area contributed by atoms with E-state index in [1.165, 1.54) is 18.4 Å². The molecule has 1 aromatic rings. The Bertz CT molecular complexity index is 405. The number of benzene rings is 1. The minimum atomic E-state index is -0.271. The van der Waals surface area contributed by atoms with Gasteiger partial charge in [-0.3, -0.25) is 9.69 Å². The van der Waals surface area contributed by atoms with E-state index in [-0.39, 0.29) is 5.54 Å². The van der Waals surface area contributed by atoms with Crippen LogP contribution in [0.4, 0.5) is 0 Å². The van der Waals surface area contributed by atoms with E-state index >= 15 is 0 Å². The van der Waals surface area contributed by atoms with Crippen molar-refractivity contribution in [2.45, 2.75) is 51.5 Å². The summed E-state index contributed by atoms with van der Waals surface area (Å²) in [4.78, 5) is 14.7. The predicted molar refractivity (Wildman–Crippen MR) is 79.3 cm³/mol. The Kier molecular flexibility index (Phi) is 4.76. The van der Waals surface area contributed by atoms with E-state index in [0.29, 0.717) is 12.2 Å². The minimum Gasteiger partial charge on any atom is -0.298 e. The second kappa shape index (κ2) is 6.33. The molecule has 1 saturated heterocycles. The maximum absolute atomic E-state index is 12.4. The van der Waals surface area contributed by atoms with Crippen molar-refractivity contribution in [3.63, 3.8) is 0 Å². The molecular weight excluding hydrogens is 234 g/mol. The summed E-state index contributed by atoms with van der Waals surface area (Å²) in [6.07, 6.45) is 5.13. The average molecular weight is 259 g/mol. The highest BCUT2D eigenvalue weighted by Gasteiger charge is 2.34. The molecular formula is C17H25NO. The van der Waals surface area contributed by atoms with Gasteiger partial charge in [0.1, 0.15) is 0 Å². The summed E-state index contributed by atoms with van der Waals surface area (Å²) in [5.41, 5.74) is 1.06. The number of Topliss-reactive ketones (excluding diaryl/α,β-unsaturated/α-hetero) is 1. The minimum absolute atomic E-state index is 0.271. The highest BCUT2D eigenvalue weighted by molar-refractivity contribution is 5.87. The number of rotatable bonds is 6. The third-order valence-electron chi connectivity index (χ3n) is 4.29. The topological polar surface area (TPSA) is 20.3 Å². The van der Waals surface area contributed by atoms with E-state index in [1.807, 2.05) is 6.07 Å². The van der Waals surface area contributed by atoms with Crippen molar-refractivity contribution in [3.8, 4) is 0 Å². The first-order valence-corrected chi connectivity index (χ1v) is 7.43. The van der Waals surface area contributed by atoms with Crippen LogP contribution in [-0.4, -0.2) is 29.3 Å². The SMILES string of the molecule is CC(C)(C(=O)CCCc1ccccc1)N1CCCC1. The summed E-state index contributed by atoms with van der Waals surface area (Å²) in [6.45, 7) is 6.33. The van der Waals surface area contributed by atoms with Crippen LogP contribution in [0.5, 0.6) is 0 Å². The zero-order valence-corrected chi connectivity index (χ0v) is 12.2. The number of carbonyl (C=O) groups excluding carboxylic acids is 1. The van der Waals surface area contributed by atoms with E-state index in [0.717, 1.165) is 25.9 Å². The van der Waals surface area contributed by atoms with Gasteiger partial charge in [0.15, 0.2) is 5.78 Å². The van der Waals surface area contributed by atoms with Crippen molar-refractivity contribution in [1.82, 2.24) is 4.90 Å². The molecule has 2 rings (SSSR count). The molecule has 0 spiro atoms. The largest absolute Gasteiger partial charge is 0.298 e. The number of ketones is 1. The van der Waals surface area contributed by atoms with Crippen LogP contribution in [0.15, 0.2) is 30.3 Å². The molecule has 2 heteroatoms. The molecule has 0 N–H and O–H groups in total. The quantitative estimate of drug-likeness (QED) is 0.780. The third-order valence-corrected chi connectivity index (χ3v) is 4.29. The van der Waals surface area contributed by atoms with Gasteiger partial charge in [0.05, 0.1) is 5.54 Å². The lowest BCUT2D eigenvalue weighted by Crippen LogP contribution is -2.48. The van der Waals surface area contributed by atoms with E-state index in [9.17, 15) is 4.79 Å². The van der Waals surface area contributed by atoms with Gasteiger partial charge in [0, 0.05) is 6.42 Å². The molecule has 0 bridgehead atoms. The van der Waals surface area contributed by atoms with Crippen molar-refractivity contribution in [2.75, 3.05) is 13.1 Å². The zero-order chi connectivity index (χ0) is 13.7. The Morgan fingerprint density at radius 2 is 1.79 bits per heavy atom. The van der Waals surface area contributed by atoms with Crippen LogP contribution < -0.4 is 0 Å². The fourth-order valence-electron chi connectivity index (χ4n) is 2.86. The van der Waals surface area contributed by atoms with Crippen LogP contribution in [0.2, 0.25) is 0 Å². The molecule has 1 fully saturated rings. The van der Waals surface area contributed by atoms with Crippen molar-refractivity contribution < 1.29 is 4.79 Å². The van der Waals surface area contributed by atoms with Gasteiger partial charge in [0.2, 0.25) is 0 Å². The van der Waals surface area contributed by atoms with E-state index in [4.69, 9.17) is 0 Å². The van der Waals surface area contributed by atoms with Gasteiger partial charge in [-0.25, -0.2) is 0 Å². The lowest BCUT2D eigenvalue weighted by molar-refractivity contribution is -0.128. The van der Waals surface area contributed by atoms with Crippen LogP contribution in [0.1, 0.15) is 45.1 Å². The van der Waals surface area contributed by atoms with Crippen LogP contribution in [0.25, 0.3) is 0 Å². The predicted octanol–water partition coefficient (Wildman–Crippen LogP) is 3.45. The molecule has 0 amide bonds. The smallest absolute Gasteiger partial charge is 0.152 e. The standard InChI is InChI=1S/C17H25NO/c1-17(2,18-13-6-7-14-18)16(19)12-8-11-15-9-4-3-5-10-15/h3-5,9-10H,6-8,11-14H2,1-2H3. The zero-order valence-electron chi connectivity index (χ0n) is 12.2. The van der Waals surface area contributed by atoms with E-state index in [1.54, 1.807) is 0 Å². The van der Waals surface area contributed by atoms with Gasteiger partial charge in [-0.1, -0.05) is 30.3 Å². The molecule has 1 aliphatic heterocycles. The van der Waals surface area contributed by atoms with Crippen LogP contribution in [0, 0.1) is 0 Å². The number of hydrogen-bond donors (Lipinski definition) is 0. The van der Waals surface area contributed by atoms with Crippen LogP contribution in [0.3, 0.4) is 0 Å². The molecule has 2 nitrogen and oxygen atoms in total. The monoisotopic (exact) mass is 259 g/mol. The molecule has 0 unspecified atom stereocenters. The number of carbonyl (C=O) groups is 1. The molecule has 1 aliphatic rings. The summed E-state index contributed by atoms with van der Waals surface area (Å²) < 4.78 is 0. The maximum atomic E-state index is 12.4. The Hall–Kier alpha value is -1.15. The summed E-state index contributed by atoms with van der Waals surface area (Å²) in [5, 5.41) is 0. The maximum Gasteiger partial charge on any atom is 0.152 e. The summed E-state index contributed by atoms with van der Waals surface area (Å²) in [6, 6.07) is 10.4. The van der Waals surface area contributed by atoms with Gasteiger partial charge >= 0.3 is 0 Å². The van der Waals surface area contributed by atoms with Crippen LogP contribution >= 0.6 is 0 Å². The summed E-state index contributed by atoms with van der Waals surface area (Å²) in [7, 11) is 0. The highest BCUT2D eigenvalue weighted by atomic mass is 16.1. The molecule has 0 radical (unpaired) electrons. The lowest BCUT2D eigenvalue weighted by Gasteiger charge is -2.34.